The smallest absolute Gasteiger partial charge is 0.264 e. The van der Waals surface area contributed by atoms with Crippen LogP contribution in [0.1, 0.15) is 13.8 Å². The monoisotopic (exact) mass is 121 g/mol. The van der Waals surface area contributed by atoms with Crippen LogP contribution in [0.2, 0.25) is 0 Å². The fourth-order valence-electron chi connectivity index (χ4n) is 0.252. The van der Waals surface area contributed by atoms with Crippen molar-refractivity contribution in [1.82, 2.24) is 0 Å². The molecule has 0 amide bonds. The Kier molecular flexibility index (Phi) is 2.58. The van der Waals surface area contributed by atoms with E-state index in [1.54, 1.807) is 6.92 Å². The Labute approximate surface area is 47.4 Å². The number of hydrogen-bond donors (Lipinski definition) is 0. The molecule has 0 aromatic carbocycles. The Balaban J connectivity index is 3.39. The summed E-state index contributed by atoms with van der Waals surface area (Å²) in [6.45, 7) is 2.06. The Morgan fingerprint density at radius 1 is 1.62 bits per heavy atom. The first-order valence-electron chi connectivity index (χ1n) is 2.38. The molecule has 0 aromatic rings. The molecule has 0 spiro atoms. The van der Waals surface area contributed by atoms with Gasteiger partial charge in [0.25, 0.3) is 5.92 Å². The molecule has 1 nitrogen and oxygen atoms in total. The largest absolute Gasteiger partial charge is 0.292 e. The van der Waals surface area contributed by atoms with E-state index in [1.165, 1.54) is 6.21 Å². The summed E-state index contributed by atoms with van der Waals surface area (Å²) < 4.78 is 23.6. The molecule has 0 atom stereocenters. The maximum absolute atomic E-state index is 11.8. The van der Waals surface area contributed by atoms with Crippen LogP contribution in [-0.4, -0.2) is 18.7 Å². The zero-order chi connectivity index (χ0) is 6.62. The Bertz CT molecular complexity index is 82.9. The molecule has 0 aliphatic heterocycles. The van der Waals surface area contributed by atoms with Gasteiger partial charge in [-0.1, -0.05) is 0 Å². The molecule has 0 saturated heterocycles. The molecule has 48 valence electrons. The summed E-state index contributed by atoms with van der Waals surface area (Å²) in [6.07, 6.45) is 1.37. The SMILES string of the molecule is CC=NCC(C)(F)F. The van der Waals surface area contributed by atoms with Gasteiger partial charge in [0.2, 0.25) is 0 Å². The lowest BCUT2D eigenvalue weighted by atomic mass is 10.4. The predicted molar refractivity (Wildman–Crippen MR) is 29.7 cm³/mol. The maximum Gasteiger partial charge on any atom is 0.264 e. The summed E-state index contributed by atoms with van der Waals surface area (Å²) in [7, 11) is 0. The molecule has 8 heavy (non-hydrogen) atoms. The molecule has 0 unspecified atom stereocenters. The second kappa shape index (κ2) is 2.74. The van der Waals surface area contributed by atoms with Crippen molar-refractivity contribution in [2.45, 2.75) is 19.8 Å². The van der Waals surface area contributed by atoms with Crippen molar-refractivity contribution in [2.24, 2.45) is 4.99 Å². The van der Waals surface area contributed by atoms with E-state index < -0.39 is 12.5 Å². The van der Waals surface area contributed by atoms with Gasteiger partial charge in [-0.05, 0) is 13.1 Å². The van der Waals surface area contributed by atoms with Gasteiger partial charge in [-0.3, -0.25) is 4.99 Å². The van der Waals surface area contributed by atoms with Crippen LogP contribution < -0.4 is 0 Å². The van der Waals surface area contributed by atoms with Gasteiger partial charge in [0.1, 0.15) is 6.54 Å². The molecular weight excluding hydrogens is 112 g/mol. The second-order valence-electron chi connectivity index (χ2n) is 1.67. The zero-order valence-corrected chi connectivity index (χ0v) is 4.99. The van der Waals surface area contributed by atoms with Crippen molar-refractivity contribution in [3.63, 3.8) is 0 Å². The standard InChI is InChI=1S/C5H9F2N/c1-3-8-4-5(2,6)7/h3H,4H2,1-2H3. The fraction of sp³-hybridized carbons (Fsp3) is 0.800. The summed E-state index contributed by atoms with van der Waals surface area (Å²) in [4.78, 5) is 3.37. The first-order valence-corrected chi connectivity index (χ1v) is 2.38. The molecule has 0 heterocycles. The van der Waals surface area contributed by atoms with E-state index in [2.05, 4.69) is 4.99 Å². The third kappa shape index (κ3) is 5.53. The van der Waals surface area contributed by atoms with Crippen molar-refractivity contribution in [2.75, 3.05) is 6.54 Å². The van der Waals surface area contributed by atoms with Crippen LogP contribution in [0, 0.1) is 0 Å². The Morgan fingerprint density at radius 2 is 2.12 bits per heavy atom. The van der Waals surface area contributed by atoms with Crippen LogP contribution in [0.3, 0.4) is 0 Å². The van der Waals surface area contributed by atoms with Gasteiger partial charge in [0.05, 0.1) is 0 Å². The van der Waals surface area contributed by atoms with Crippen molar-refractivity contribution >= 4 is 6.21 Å². The third-order valence-corrected chi connectivity index (χ3v) is 0.551. The number of hydrogen-bond acceptors (Lipinski definition) is 1. The Hall–Kier alpha value is -0.470. The van der Waals surface area contributed by atoms with Gasteiger partial charge >= 0.3 is 0 Å². The summed E-state index contributed by atoms with van der Waals surface area (Å²) >= 11 is 0. The summed E-state index contributed by atoms with van der Waals surface area (Å²) in [5.74, 6) is -2.65. The van der Waals surface area contributed by atoms with E-state index in [0.29, 0.717) is 0 Å². The number of nitrogens with zero attached hydrogens (tertiary/aromatic N) is 1. The lowest BCUT2D eigenvalue weighted by Crippen LogP contribution is -2.13. The minimum atomic E-state index is -2.65. The van der Waals surface area contributed by atoms with Crippen molar-refractivity contribution in [3.8, 4) is 0 Å². The van der Waals surface area contributed by atoms with Crippen LogP contribution in [0.15, 0.2) is 4.99 Å². The quantitative estimate of drug-likeness (QED) is 0.493. The topological polar surface area (TPSA) is 12.4 Å². The van der Waals surface area contributed by atoms with Crippen molar-refractivity contribution in [1.29, 1.82) is 0 Å². The molecule has 0 saturated carbocycles. The van der Waals surface area contributed by atoms with Gasteiger partial charge in [0, 0.05) is 6.92 Å². The molecule has 0 aliphatic rings. The van der Waals surface area contributed by atoms with Gasteiger partial charge in [-0.2, -0.15) is 0 Å². The van der Waals surface area contributed by atoms with Crippen LogP contribution in [0.4, 0.5) is 8.78 Å². The molecule has 0 radical (unpaired) electrons. The van der Waals surface area contributed by atoms with E-state index in [-0.39, 0.29) is 0 Å². The molecule has 0 aliphatic carbocycles. The van der Waals surface area contributed by atoms with Gasteiger partial charge in [-0.25, -0.2) is 8.78 Å². The number of halogens is 2. The predicted octanol–water partition coefficient (Wildman–Crippen LogP) is 1.73. The highest BCUT2D eigenvalue weighted by Gasteiger charge is 2.18. The molecule has 0 N–H and O–H groups in total. The third-order valence-electron chi connectivity index (χ3n) is 0.551. The first-order chi connectivity index (χ1) is 3.56. The second-order valence-corrected chi connectivity index (χ2v) is 1.67. The molecular formula is C5H9F2N. The van der Waals surface area contributed by atoms with Gasteiger partial charge in [-0.15, -0.1) is 0 Å². The highest BCUT2D eigenvalue weighted by Crippen LogP contribution is 2.10. The highest BCUT2D eigenvalue weighted by molar-refractivity contribution is 5.53. The summed E-state index contributed by atoms with van der Waals surface area (Å²) in [5, 5.41) is 0. The van der Waals surface area contributed by atoms with Crippen LogP contribution in [-0.2, 0) is 0 Å². The van der Waals surface area contributed by atoms with E-state index in [0.717, 1.165) is 6.92 Å². The number of rotatable bonds is 2. The van der Waals surface area contributed by atoms with E-state index in [9.17, 15) is 8.78 Å². The number of aliphatic imine (C=N–C) groups is 1. The van der Waals surface area contributed by atoms with Gasteiger partial charge in [0.15, 0.2) is 0 Å². The number of alkyl halides is 2. The van der Waals surface area contributed by atoms with E-state index >= 15 is 0 Å². The Morgan fingerprint density at radius 3 is 2.25 bits per heavy atom. The van der Waals surface area contributed by atoms with E-state index in [1.807, 2.05) is 0 Å². The lowest BCUT2D eigenvalue weighted by Gasteiger charge is -2.03. The highest BCUT2D eigenvalue weighted by atomic mass is 19.3. The maximum atomic E-state index is 11.8. The van der Waals surface area contributed by atoms with Crippen molar-refractivity contribution in [3.05, 3.63) is 0 Å². The molecule has 0 fully saturated rings. The molecule has 0 bridgehead atoms. The molecule has 3 heteroatoms. The van der Waals surface area contributed by atoms with Crippen molar-refractivity contribution < 1.29 is 8.78 Å². The average molecular weight is 121 g/mol. The molecule has 0 rings (SSSR count). The lowest BCUT2D eigenvalue weighted by molar-refractivity contribution is 0.0328. The molecule has 0 aromatic heterocycles. The van der Waals surface area contributed by atoms with Gasteiger partial charge < -0.3 is 0 Å². The van der Waals surface area contributed by atoms with Crippen LogP contribution in [0.5, 0.6) is 0 Å². The average Bonchev–Trinajstić information content (AvgIpc) is 1.59. The minimum Gasteiger partial charge on any atom is -0.292 e. The minimum absolute atomic E-state index is 0.399. The first kappa shape index (κ1) is 7.53. The van der Waals surface area contributed by atoms with E-state index in [4.69, 9.17) is 0 Å². The zero-order valence-electron chi connectivity index (χ0n) is 4.99. The van der Waals surface area contributed by atoms with Crippen LogP contribution >= 0.6 is 0 Å². The summed E-state index contributed by atoms with van der Waals surface area (Å²) in [5.41, 5.74) is 0. The normalized spacial score (nSPS) is 13.0. The summed E-state index contributed by atoms with van der Waals surface area (Å²) in [6, 6.07) is 0. The van der Waals surface area contributed by atoms with Crippen LogP contribution in [0.25, 0.3) is 0 Å². The fourth-order valence-corrected chi connectivity index (χ4v) is 0.252.